The minimum atomic E-state index is -2.51. The van der Waals surface area contributed by atoms with Crippen molar-refractivity contribution in [3.8, 4) is 5.69 Å². The number of hydrogen-bond acceptors (Lipinski definition) is 4. The number of carbonyl (C=O) groups is 1. The summed E-state index contributed by atoms with van der Waals surface area (Å²) in [7, 11) is 0. The number of fused-ring (bicyclic) bond motifs is 4. The molecule has 0 saturated carbocycles. The minimum Gasteiger partial charge on any atom is -0.359 e. The van der Waals surface area contributed by atoms with Gasteiger partial charge in [0.05, 0.1) is 11.1 Å². The largest absolute Gasteiger partial charge is 0.359 e. The Balaban J connectivity index is 1.49. The Morgan fingerprint density at radius 2 is 2.13 bits per heavy atom. The van der Waals surface area contributed by atoms with E-state index in [4.69, 9.17) is 4.11 Å². The van der Waals surface area contributed by atoms with E-state index in [0.717, 1.165) is 42.1 Å². The zero-order valence-corrected chi connectivity index (χ0v) is 17.0. The van der Waals surface area contributed by atoms with E-state index in [9.17, 15) is 14.4 Å². The molecule has 8 heteroatoms. The van der Waals surface area contributed by atoms with E-state index in [1.807, 2.05) is 16.0 Å². The van der Waals surface area contributed by atoms with E-state index in [1.54, 1.807) is 24.4 Å². The number of amides is 1. The van der Waals surface area contributed by atoms with Gasteiger partial charge in [-0.1, -0.05) is 0 Å². The lowest BCUT2D eigenvalue weighted by atomic mass is 9.97. The molecule has 0 fully saturated rings. The Morgan fingerprint density at radius 3 is 3.00 bits per heavy atom. The molecule has 7 nitrogen and oxygen atoms in total. The summed E-state index contributed by atoms with van der Waals surface area (Å²) in [5, 5.41) is 3.40. The fraction of sp³-hybridized carbons (Fsp3) is 0.318. The standard InChI is InChI=1S/C22H22N4O3S/c1-23-18(27)9-11-25-10-8-13-12-14(6-7-16(13)25)26-21(28)19-15-4-2-3-5-17(15)30-20(19)24-22(26)29/h6-8,10,12H,2-5,9,11H2,1H3,(H,23,27)(H,24,29)/i1D3. The third-order valence-electron chi connectivity index (χ3n) is 5.74. The van der Waals surface area contributed by atoms with Crippen LogP contribution in [0.3, 0.4) is 0 Å². The van der Waals surface area contributed by atoms with Crippen molar-refractivity contribution in [2.75, 3.05) is 6.98 Å². The Hall–Kier alpha value is -3.13. The van der Waals surface area contributed by atoms with Gasteiger partial charge in [0, 0.05) is 46.0 Å². The Kier molecular flexibility index (Phi) is 3.81. The molecule has 1 aliphatic carbocycles. The second-order valence-corrected chi connectivity index (χ2v) is 8.64. The molecule has 3 aromatic heterocycles. The SMILES string of the molecule is [2H]C([2H])([2H])NC(=O)CCn1ccc2cc(-n3c(=O)[nH]c4sc5c(c4c3=O)CCCC5)ccc21. The molecule has 0 atom stereocenters. The average Bonchev–Trinajstić information content (AvgIpc) is 3.31. The summed E-state index contributed by atoms with van der Waals surface area (Å²) >= 11 is 1.51. The van der Waals surface area contributed by atoms with Crippen molar-refractivity contribution in [1.29, 1.82) is 0 Å². The van der Waals surface area contributed by atoms with Crippen molar-refractivity contribution >= 4 is 38.4 Å². The molecule has 0 spiro atoms. The van der Waals surface area contributed by atoms with Gasteiger partial charge < -0.3 is 9.88 Å². The van der Waals surface area contributed by atoms with Crippen LogP contribution in [-0.2, 0) is 24.2 Å². The molecule has 0 aliphatic heterocycles. The summed E-state index contributed by atoms with van der Waals surface area (Å²) in [4.78, 5) is 42.7. The maximum Gasteiger partial charge on any atom is 0.334 e. The molecule has 1 aromatic carbocycles. The van der Waals surface area contributed by atoms with Gasteiger partial charge in [0.25, 0.3) is 5.56 Å². The highest BCUT2D eigenvalue weighted by molar-refractivity contribution is 7.18. The lowest BCUT2D eigenvalue weighted by Gasteiger charge is -2.11. The number of aromatic nitrogens is 3. The van der Waals surface area contributed by atoms with E-state index in [0.29, 0.717) is 22.4 Å². The van der Waals surface area contributed by atoms with Crippen molar-refractivity contribution < 1.29 is 8.91 Å². The normalized spacial score (nSPS) is 15.5. The van der Waals surface area contributed by atoms with Crippen molar-refractivity contribution in [1.82, 2.24) is 19.4 Å². The molecule has 3 heterocycles. The molecule has 0 radical (unpaired) electrons. The highest BCUT2D eigenvalue weighted by atomic mass is 32.1. The highest BCUT2D eigenvalue weighted by Gasteiger charge is 2.21. The molecule has 30 heavy (non-hydrogen) atoms. The van der Waals surface area contributed by atoms with Crippen LogP contribution in [0.4, 0.5) is 0 Å². The molecule has 1 aliphatic rings. The maximum absolute atomic E-state index is 13.4. The number of nitrogens with zero attached hydrogens (tertiary/aromatic N) is 2. The molecule has 0 bridgehead atoms. The number of aryl methyl sites for hydroxylation is 3. The Bertz CT molecular complexity index is 1510. The summed E-state index contributed by atoms with van der Waals surface area (Å²) in [6.07, 6.45) is 5.75. The third kappa shape index (κ3) is 2.99. The van der Waals surface area contributed by atoms with Gasteiger partial charge in [0.2, 0.25) is 5.91 Å². The fourth-order valence-electron chi connectivity index (χ4n) is 4.28. The van der Waals surface area contributed by atoms with Gasteiger partial charge in [-0.3, -0.25) is 14.6 Å². The first kappa shape index (κ1) is 15.7. The topological polar surface area (TPSA) is 88.9 Å². The zero-order chi connectivity index (χ0) is 23.3. The van der Waals surface area contributed by atoms with Gasteiger partial charge in [-0.2, -0.15) is 0 Å². The number of hydrogen-bond donors (Lipinski definition) is 2. The lowest BCUT2D eigenvalue weighted by molar-refractivity contribution is -0.120. The van der Waals surface area contributed by atoms with Crippen molar-refractivity contribution in [3.05, 3.63) is 61.7 Å². The van der Waals surface area contributed by atoms with E-state index < -0.39 is 18.6 Å². The van der Waals surface area contributed by atoms with Crippen molar-refractivity contribution in [3.63, 3.8) is 0 Å². The van der Waals surface area contributed by atoms with Crippen LogP contribution >= 0.6 is 11.3 Å². The van der Waals surface area contributed by atoms with Crippen LogP contribution in [-0.4, -0.2) is 27.0 Å². The molecule has 5 rings (SSSR count). The molecule has 4 aromatic rings. The van der Waals surface area contributed by atoms with Crippen LogP contribution in [0.5, 0.6) is 0 Å². The molecule has 154 valence electrons. The van der Waals surface area contributed by atoms with Crippen LogP contribution in [0.2, 0.25) is 0 Å². The van der Waals surface area contributed by atoms with Crippen LogP contribution in [0, 0.1) is 0 Å². The molecular weight excluding hydrogens is 400 g/mol. The first-order valence-corrected chi connectivity index (χ1v) is 10.7. The first-order chi connectivity index (χ1) is 15.7. The van der Waals surface area contributed by atoms with Crippen LogP contribution in [0.1, 0.15) is 33.8 Å². The summed E-state index contributed by atoms with van der Waals surface area (Å²) < 4.78 is 24.4. The number of benzene rings is 1. The van der Waals surface area contributed by atoms with Crippen molar-refractivity contribution in [2.45, 2.75) is 38.6 Å². The van der Waals surface area contributed by atoms with E-state index in [1.165, 1.54) is 20.8 Å². The molecule has 0 unspecified atom stereocenters. The second-order valence-electron chi connectivity index (χ2n) is 7.54. The third-order valence-corrected chi connectivity index (χ3v) is 6.95. The molecule has 0 saturated heterocycles. The van der Waals surface area contributed by atoms with Gasteiger partial charge in [-0.15, -0.1) is 11.3 Å². The summed E-state index contributed by atoms with van der Waals surface area (Å²) in [5.74, 6) is -0.557. The van der Waals surface area contributed by atoms with Crippen LogP contribution in [0.15, 0.2) is 40.1 Å². The van der Waals surface area contributed by atoms with Gasteiger partial charge in [-0.25, -0.2) is 9.36 Å². The van der Waals surface area contributed by atoms with Gasteiger partial charge in [-0.05, 0) is 55.5 Å². The molecule has 1 amide bonds. The summed E-state index contributed by atoms with van der Waals surface area (Å²) in [6.45, 7) is -2.20. The number of nitrogens with one attached hydrogen (secondary N) is 2. The van der Waals surface area contributed by atoms with Gasteiger partial charge >= 0.3 is 5.69 Å². The fourth-order valence-corrected chi connectivity index (χ4v) is 5.55. The van der Waals surface area contributed by atoms with Crippen molar-refractivity contribution in [2.24, 2.45) is 0 Å². The monoisotopic (exact) mass is 425 g/mol. The quantitative estimate of drug-likeness (QED) is 0.527. The zero-order valence-electron chi connectivity index (χ0n) is 19.2. The predicted molar refractivity (Wildman–Crippen MR) is 119 cm³/mol. The lowest BCUT2D eigenvalue weighted by Crippen LogP contribution is -2.33. The number of carbonyl (C=O) groups excluding carboxylic acids is 1. The Morgan fingerprint density at radius 1 is 1.27 bits per heavy atom. The van der Waals surface area contributed by atoms with Gasteiger partial charge in [0.15, 0.2) is 0 Å². The summed E-state index contributed by atoms with van der Waals surface area (Å²) in [6, 6.07) is 7.12. The van der Waals surface area contributed by atoms with Gasteiger partial charge in [0.1, 0.15) is 4.83 Å². The van der Waals surface area contributed by atoms with E-state index in [-0.39, 0.29) is 12.0 Å². The number of thiophene rings is 1. The predicted octanol–water partition coefficient (Wildman–Crippen LogP) is 2.71. The molecule has 2 N–H and O–H groups in total. The van der Waals surface area contributed by atoms with Crippen LogP contribution in [0.25, 0.3) is 26.8 Å². The average molecular weight is 426 g/mol. The second kappa shape index (κ2) is 7.28. The number of rotatable bonds is 4. The first-order valence-electron chi connectivity index (χ1n) is 11.4. The number of H-pyrrole nitrogens is 1. The number of aromatic amines is 1. The van der Waals surface area contributed by atoms with E-state index in [2.05, 4.69) is 4.98 Å². The highest BCUT2D eigenvalue weighted by Crippen LogP contribution is 2.33. The molecular formula is C22H22N4O3S. The smallest absolute Gasteiger partial charge is 0.334 e. The van der Waals surface area contributed by atoms with E-state index >= 15 is 0 Å². The summed E-state index contributed by atoms with van der Waals surface area (Å²) in [5.41, 5.74) is 1.60. The Labute approximate surface area is 180 Å². The minimum absolute atomic E-state index is 0.0168. The maximum atomic E-state index is 13.4. The van der Waals surface area contributed by atoms with Crippen LogP contribution < -0.4 is 16.6 Å².